The van der Waals surface area contributed by atoms with Crippen LogP contribution in [0.25, 0.3) is 0 Å². The molecule has 4 nitrogen and oxygen atoms in total. The standard InChI is InChI=1S/C12H17ClN2O2/c13-11-7-9(15-3-5-17-6-4-15)1-2-10(11)12(14)8-16/h1-2,7,12,16H,3-6,8,14H2/t12-/m0/s1. The van der Waals surface area contributed by atoms with Gasteiger partial charge in [0.05, 0.1) is 25.9 Å². The van der Waals surface area contributed by atoms with Gasteiger partial charge in [-0.1, -0.05) is 17.7 Å². The van der Waals surface area contributed by atoms with Crippen molar-refractivity contribution in [2.45, 2.75) is 6.04 Å². The van der Waals surface area contributed by atoms with Crippen molar-refractivity contribution in [2.24, 2.45) is 5.73 Å². The van der Waals surface area contributed by atoms with Crippen LogP contribution in [0, 0.1) is 0 Å². The van der Waals surface area contributed by atoms with Crippen molar-refractivity contribution >= 4 is 17.3 Å². The van der Waals surface area contributed by atoms with Gasteiger partial charge >= 0.3 is 0 Å². The van der Waals surface area contributed by atoms with Crippen LogP contribution in [0.5, 0.6) is 0 Å². The molecule has 0 aliphatic carbocycles. The summed E-state index contributed by atoms with van der Waals surface area (Å²) in [5.41, 5.74) is 7.62. The molecule has 0 aromatic heterocycles. The summed E-state index contributed by atoms with van der Waals surface area (Å²) in [7, 11) is 0. The lowest BCUT2D eigenvalue weighted by atomic mass is 10.1. The van der Waals surface area contributed by atoms with Crippen LogP contribution in [0.4, 0.5) is 5.69 Å². The highest BCUT2D eigenvalue weighted by Gasteiger charge is 2.14. The summed E-state index contributed by atoms with van der Waals surface area (Å²) in [4.78, 5) is 2.23. The smallest absolute Gasteiger partial charge is 0.0642 e. The number of hydrogen-bond acceptors (Lipinski definition) is 4. The fourth-order valence-corrected chi connectivity index (χ4v) is 2.25. The fourth-order valence-electron chi connectivity index (χ4n) is 1.93. The summed E-state index contributed by atoms with van der Waals surface area (Å²) in [5.74, 6) is 0. The first-order valence-electron chi connectivity index (χ1n) is 5.71. The lowest BCUT2D eigenvalue weighted by Gasteiger charge is -2.29. The Labute approximate surface area is 106 Å². The van der Waals surface area contributed by atoms with Crippen molar-refractivity contribution in [3.05, 3.63) is 28.8 Å². The second-order valence-corrected chi connectivity index (χ2v) is 4.50. The number of aliphatic hydroxyl groups excluding tert-OH is 1. The van der Waals surface area contributed by atoms with Crippen LogP contribution >= 0.6 is 11.6 Å². The normalized spacial score (nSPS) is 18.2. The second-order valence-electron chi connectivity index (χ2n) is 4.09. The summed E-state index contributed by atoms with van der Waals surface area (Å²) >= 11 is 6.17. The highest BCUT2D eigenvalue weighted by Crippen LogP contribution is 2.27. The zero-order valence-electron chi connectivity index (χ0n) is 9.60. The number of halogens is 1. The first kappa shape index (κ1) is 12.6. The minimum atomic E-state index is -0.416. The molecule has 1 aromatic carbocycles. The monoisotopic (exact) mass is 256 g/mol. The molecule has 0 amide bonds. The van der Waals surface area contributed by atoms with E-state index in [1.807, 2.05) is 18.2 Å². The molecular weight excluding hydrogens is 240 g/mol. The van der Waals surface area contributed by atoms with Gasteiger partial charge in [-0.3, -0.25) is 0 Å². The highest BCUT2D eigenvalue weighted by molar-refractivity contribution is 6.31. The summed E-state index contributed by atoms with van der Waals surface area (Å²) in [6.07, 6.45) is 0. The summed E-state index contributed by atoms with van der Waals surface area (Å²) in [5, 5.41) is 9.63. The molecule has 1 atom stereocenters. The van der Waals surface area contributed by atoms with Crippen LogP contribution in [0.15, 0.2) is 18.2 Å². The van der Waals surface area contributed by atoms with Crippen molar-refractivity contribution < 1.29 is 9.84 Å². The van der Waals surface area contributed by atoms with E-state index in [0.717, 1.165) is 37.6 Å². The third-order valence-electron chi connectivity index (χ3n) is 2.96. The number of aliphatic hydroxyl groups is 1. The van der Waals surface area contributed by atoms with Gasteiger partial charge in [-0.05, 0) is 17.7 Å². The summed E-state index contributed by atoms with van der Waals surface area (Å²) in [6.45, 7) is 3.14. The zero-order chi connectivity index (χ0) is 12.3. The molecule has 1 fully saturated rings. The Morgan fingerprint density at radius 3 is 2.71 bits per heavy atom. The van der Waals surface area contributed by atoms with Crippen LogP contribution in [-0.4, -0.2) is 38.0 Å². The quantitative estimate of drug-likeness (QED) is 0.852. The van der Waals surface area contributed by atoms with Crippen molar-refractivity contribution in [1.29, 1.82) is 0 Å². The fraction of sp³-hybridized carbons (Fsp3) is 0.500. The number of anilines is 1. The molecule has 1 aliphatic heterocycles. The van der Waals surface area contributed by atoms with E-state index < -0.39 is 6.04 Å². The predicted octanol–water partition coefficient (Wildman–Crippen LogP) is 1.17. The van der Waals surface area contributed by atoms with E-state index in [1.165, 1.54) is 0 Å². The van der Waals surface area contributed by atoms with E-state index in [1.54, 1.807) is 0 Å². The maximum Gasteiger partial charge on any atom is 0.0642 e. The summed E-state index contributed by atoms with van der Waals surface area (Å²) in [6, 6.07) is 5.36. The summed E-state index contributed by atoms with van der Waals surface area (Å²) < 4.78 is 5.30. The molecule has 0 unspecified atom stereocenters. The van der Waals surface area contributed by atoms with Gasteiger partial charge in [-0.15, -0.1) is 0 Å². The number of nitrogens with two attached hydrogens (primary N) is 1. The van der Waals surface area contributed by atoms with Crippen LogP contribution in [-0.2, 0) is 4.74 Å². The lowest BCUT2D eigenvalue weighted by Crippen LogP contribution is -2.36. The number of hydrogen-bond donors (Lipinski definition) is 2. The molecule has 17 heavy (non-hydrogen) atoms. The molecular formula is C12H17ClN2O2. The van der Waals surface area contributed by atoms with Gasteiger partial charge in [-0.25, -0.2) is 0 Å². The molecule has 94 valence electrons. The maximum atomic E-state index is 9.02. The van der Waals surface area contributed by atoms with E-state index in [0.29, 0.717) is 5.02 Å². The minimum absolute atomic E-state index is 0.101. The first-order chi connectivity index (χ1) is 8.22. The van der Waals surface area contributed by atoms with Gasteiger partial charge in [0.2, 0.25) is 0 Å². The van der Waals surface area contributed by atoms with Crippen LogP contribution < -0.4 is 10.6 Å². The second kappa shape index (κ2) is 5.69. The Kier molecular flexibility index (Phi) is 4.23. The van der Waals surface area contributed by atoms with Crippen molar-refractivity contribution in [2.75, 3.05) is 37.8 Å². The molecule has 1 aliphatic rings. The average molecular weight is 257 g/mol. The minimum Gasteiger partial charge on any atom is -0.394 e. The van der Waals surface area contributed by atoms with Gasteiger partial charge in [0.1, 0.15) is 0 Å². The Hall–Kier alpha value is -0.810. The zero-order valence-corrected chi connectivity index (χ0v) is 10.4. The third kappa shape index (κ3) is 2.90. The van der Waals surface area contributed by atoms with Gasteiger partial charge in [0.25, 0.3) is 0 Å². The van der Waals surface area contributed by atoms with Gasteiger partial charge in [-0.2, -0.15) is 0 Å². The molecule has 1 heterocycles. The first-order valence-corrected chi connectivity index (χ1v) is 6.08. The molecule has 1 aromatic rings. The Morgan fingerprint density at radius 2 is 2.12 bits per heavy atom. The SMILES string of the molecule is N[C@@H](CO)c1ccc(N2CCOCC2)cc1Cl. The number of nitrogens with zero attached hydrogens (tertiary/aromatic N) is 1. The van der Waals surface area contributed by atoms with E-state index in [2.05, 4.69) is 4.90 Å². The van der Waals surface area contributed by atoms with E-state index >= 15 is 0 Å². The molecule has 2 rings (SSSR count). The Bertz CT molecular complexity index is 381. The molecule has 0 radical (unpaired) electrons. The van der Waals surface area contributed by atoms with Gasteiger partial charge < -0.3 is 20.5 Å². The van der Waals surface area contributed by atoms with Gasteiger partial charge in [0.15, 0.2) is 0 Å². The molecule has 0 bridgehead atoms. The maximum absolute atomic E-state index is 9.02. The molecule has 0 spiro atoms. The molecule has 0 saturated carbocycles. The Morgan fingerprint density at radius 1 is 1.41 bits per heavy atom. The van der Waals surface area contributed by atoms with Crippen molar-refractivity contribution in [3.8, 4) is 0 Å². The molecule has 5 heteroatoms. The van der Waals surface area contributed by atoms with Crippen LogP contribution in [0.1, 0.15) is 11.6 Å². The van der Waals surface area contributed by atoms with Gasteiger partial charge in [0, 0.05) is 23.8 Å². The number of ether oxygens (including phenoxy) is 1. The predicted molar refractivity (Wildman–Crippen MR) is 68.5 cm³/mol. The Balaban J connectivity index is 2.17. The van der Waals surface area contributed by atoms with Crippen molar-refractivity contribution in [3.63, 3.8) is 0 Å². The van der Waals surface area contributed by atoms with Crippen LogP contribution in [0.3, 0.4) is 0 Å². The average Bonchev–Trinajstić information content (AvgIpc) is 2.39. The van der Waals surface area contributed by atoms with Crippen molar-refractivity contribution in [1.82, 2.24) is 0 Å². The van der Waals surface area contributed by atoms with E-state index in [4.69, 9.17) is 27.2 Å². The lowest BCUT2D eigenvalue weighted by molar-refractivity contribution is 0.122. The highest BCUT2D eigenvalue weighted by atomic mass is 35.5. The molecule has 1 saturated heterocycles. The number of benzene rings is 1. The number of morpholine rings is 1. The van der Waals surface area contributed by atoms with E-state index in [9.17, 15) is 0 Å². The topological polar surface area (TPSA) is 58.7 Å². The van der Waals surface area contributed by atoms with Crippen LogP contribution in [0.2, 0.25) is 5.02 Å². The van der Waals surface area contributed by atoms with E-state index in [-0.39, 0.29) is 6.61 Å². The number of rotatable bonds is 3. The third-order valence-corrected chi connectivity index (χ3v) is 3.28. The molecule has 3 N–H and O–H groups in total. The largest absolute Gasteiger partial charge is 0.394 e.